The zero-order valence-corrected chi connectivity index (χ0v) is 37.5. The number of fused-ring (bicyclic) bond motifs is 1. The average molecular weight is 976 g/mol. The highest BCUT2D eigenvalue weighted by atomic mass is 127. The third kappa shape index (κ3) is 8.59. The van der Waals surface area contributed by atoms with Crippen LogP contribution in [0.25, 0.3) is 0 Å². The summed E-state index contributed by atoms with van der Waals surface area (Å²) < 4.78 is 20.4. The van der Waals surface area contributed by atoms with Gasteiger partial charge in [-0.2, -0.15) is 0 Å². The molecule has 8 rings (SSSR count). The lowest BCUT2D eigenvalue weighted by Gasteiger charge is -2.49. The third-order valence-corrected chi connectivity index (χ3v) is 13.8. The Hall–Kier alpha value is -5.97. The molecule has 3 heterocycles. The van der Waals surface area contributed by atoms with Gasteiger partial charge in [0.05, 0.1) is 16.6 Å². The highest BCUT2D eigenvalue weighted by molar-refractivity contribution is 14.1. The number of anilines is 1. The van der Waals surface area contributed by atoms with E-state index in [1.165, 1.54) is 16.2 Å². The van der Waals surface area contributed by atoms with Crippen molar-refractivity contribution in [3.05, 3.63) is 202 Å². The molecule has 1 saturated heterocycles. The predicted octanol–water partition coefficient (Wildman–Crippen LogP) is 8.11. The van der Waals surface area contributed by atoms with E-state index in [2.05, 4.69) is 74.8 Å². The first kappa shape index (κ1) is 42.7. The lowest BCUT2D eigenvalue weighted by atomic mass is 9.77. The van der Waals surface area contributed by atoms with Gasteiger partial charge in [0.2, 0.25) is 0 Å². The van der Waals surface area contributed by atoms with Crippen LogP contribution < -0.4 is 10.6 Å². The molecule has 5 aromatic carbocycles. The van der Waals surface area contributed by atoms with Gasteiger partial charge in [-0.3, -0.25) is 18.7 Å². The smallest absolute Gasteiger partial charge is 0.356 e. The average Bonchev–Trinajstić information content (AvgIpc) is 3.77. The van der Waals surface area contributed by atoms with Crippen LogP contribution in [0.1, 0.15) is 53.5 Å². The van der Waals surface area contributed by atoms with Crippen LogP contribution in [-0.4, -0.2) is 65.3 Å². The van der Waals surface area contributed by atoms with E-state index < -0.39 is 51.6 Å². The van der Waals surface area contributed by atoms with E-state index in [0.29, 0.717) is 15.1 Å². The van der Waals surface area contributed by atoms with Crippen molar-refractivity contribution in [1.82, 2.24) is 15.2 Å². The summed E-state index contributed by atoms with van der Waals surface area (Å²) in [6.07, 6.45) is -1.15. The SMILES string of the molecule is CC(C)O/N=C(\C(=O)NC1C(=O)N2C(C(=O)OC(c3ccccc3)c3ccccc3)=C(CI)CS(=O)[C@H]12)c1csc(NC(c2ccccc2)(c2ccccc2)c2ccccc2)n1. The molecule has 62 heavy (non-hydrogen) atoms. The molecule has 0 aliphatic carbocycles. The van der Waals surface area contributed by atoms with Crippen molar-refractivity contribution < 1.29 is 28.2 Å². The van der Waals surface area contributed by atoms with Crippen molar-refractivity contribution in [2.75, 3.05) is 15.5 Å². The number of carbonyl (C=O) groups is 3. The van der Waals surface area contributed by atoms with Crippen LogP contribution in [0.4, 0.5) is 5.13 Å². The zero-order valence-electron chi connectivity index (χ0n) is 33.7. The largest absolute Gasteiger partial charge is 0.448 e. The Bertz CT molecular complexity index is 2490. The number of nitrogens with zero attached hydrogens (tertiary/aromatic N) is 3. The van der Waals surface area contributed by atoms with E-state index in [4.69, 9.17) is 14.6 Å². The van der Waals surface area contributed by atoms with Gasteiger partial charge in [0, 0.05) is 9.81 Å². The molecule has 11 nitrogen and oxygen atoms in total. The fourth-order valence-electron chi connectivity index (χ4n) is 7.64. The van der Waals surface area contributed by atoms with Crippen LogP contribution in [0.15, 0.2) is 173 Å². The number of hydrogen-bond acceptors (Lipinski definition) is 10. The number of nitrogens with one attached hydrogen (secondary N) is 2. The molecule has 2 aliphatic rings. The van der Waals surface area contributed by atoms with Crippen molar-refractivity contribution >= 4 is 73.4 Å². The molecule has 1 fully saturated rings. The Kier molecular flexibility index (Phi) is 13.1. The summed E-state index contributed by atoms with van der Waals surface area (Å²) in [4.78, 5) is 54.3. The van der Waals surface area contributed by atoms with Gasteiger partial charge in [-0.05, 0) is 47.2 Å². The van der Waals surface area contributed by atoms with E-state index >= 15 is 0 Å². The normalized spacial score (nSPS) is 17.6. The van der Waals surface area contributed by atoms with Gasteiger partial charge in [-0.25, -0.2) is 9.78 Å². The van der Waals surface area contributed by atoms with Crippen LogP contribution >= 0.6 is 33.9 Å². The molecule has 0 spiro atoms. The monoisotopic (exact) mass is 975 g/mol. The Morgan fingerprint density at radius 3 is 1.82 bits per heavy atom. The number of ether oxygens (including phenoxy) is 1. The minimum absolute atomic E-state index is 0.0278. The third-order valence-electron chi connectivity index (χ3n) is 10.5. The molecule has 3 atom stereocenters. The topological polar surface area (TPSA) is 139 Å². The summed E-state index contributed by atoms with van der Waals surface area (Å²) >= 11 is 3.38. The van der Waals surface area contributed by atoms with E-state index in [0.717, 1.165) is 27.8 Å². The van der Waals surface area contributed by atoms with Crippen molar-refractivity contribution in [2.45, 2.75) is 43.0 Å². The standard InChI is InChI=1S/C48H42IN5O6S2/c1-31(2)60-53-39(38-29-61-47(50-38)52-48(35-22-12-5-13-23-35,36-24-14-6-15-25-36)37-26-16-7-17-27-37)43(55)51-40-44(56)54-41(34(28-49)30-62(58)45(40)54)46(57)59-42(32-18-8-3-9-19-32)33-20-10-4-11-21-33/h3-27,29,31,40,42,45H,28,30H2,1-2H3,(H,50,52)(H,51,55)/b53-39-/t40?,45-,62?/m1/s1. The van der Waals surface area contributed by atoms with E-state index in [1.807, 2.05) is 115 Å². The number of aromatic nitrogens is 1. The van der Waals surface area contributed by atoms with Crippen LogP contribution in [-0.2, 0) is 40.3 Å². The minimum atomic E-state index is -1.65. The van der Waals surface area contributed by atoms with E-state index in [1.54, 1.807) is 19.2 Å². The zero-order chi connectivity index (χ0) is 43.2. The molecular weight excluding hydrogens is 934 g/mol. The Labute approximate surface area is 379 Å². The van der Waals surface area contributed by atoms with Gasteiger partial charge in [-0.1, -0.05) is 179 Å². The Balaban J connectivity index is 1.07. The van der Waals surface area contributed by atoms with Crippen LogP contribution in [0.3, 0.4) is 0 Å². The lowest BCUT2D eigenvalue weighted by Crippen LogP contribution is -2.74. The molecule has 2 unspecified atom stereocenters. The first-order valence-electron chi connectivity index (χ1n) is 19.9. The van der Waals surface area contributed by atoms with Crippen LogP contribution in [0.2, 0.25) is 0 Å². The highest BCUT2D eigenvalue weighted by Gasteiger charge is 2.57. The van der Waals surface area contributed by atoms with Gasteiger partial charge in [0.15, 0.2) is 16.9 Å². The van der Waals surface area contributed by atoms with Gasteiger partial charge < -0.3 is 20.2 Å². The van der Waals surface area contributed by atoms with Gasteiger partial charge >= 0.3 is 5.97 Å². The summed E-state index contributed by atoms with van der Waals surface area (Å²) in [5.41, 5.74) is 4.13. The lowest BCUT2D eigenvalue weighted by molar-refractivity contribution is -0.154. The Morgan fingerprint density at radius 1 is 0.839 bits per heavy atom. The molecule has 0 radical (unpaired) electrons. The molecule has 0 saturated carbocycles. The number of halogens is 1. The van der Waals surface area contributed by atoms with Gasteiger partial charge in [0.25, 0.3) is 11.8 Å². The second-order valence-electron chi connectivity index (χ2n) is 14.9. The summed E-state index contributed by atoms with van der Waals surface area (Å²) in [6, 6.07) is 47.6. The summed E-state index contributed by atoms with van der Waals surface area (Å²) in [6.45, 7) is 3.55. The predicted molar refractivity (Wildman–Crippen MR) is 250 cm³/mol. The second-order valence-corrected chi connectivity index (χ2v) is 18.0. The maximum Gasteiger partial charge on any atom is 0.356 e. The maximum absolute atomic E-state index is 14.3. The van der Waals surface area contributed by atoms with E-state index in [9.17, 15) is 18.6 Å². The maximum atomic E-state index is 14.3. The molecule has 2 aliphatic heterocycles. The van der Waals surface area contributed by atoms with Crippen molar-refractivity contribution in [3.8, 4) is 0 Å². The summed E-state index contributed by atoms with van der Waals surface area (Å²) in [7, 11) is -1.65. The fourth-order valence-corrected chi connectivity index (χ4v) is 11.1. The van der Waals surface area contributed by atoms with Crippen LogP contribution in [0, 0.1) is 0 Å². The number of alkyl halides is 1. The number of benzene rings is 5. The number of oxime groups is 1. The molecule has 1 aromatic heterocycles. The van der Waals surface area contributed by atoms with Gasteiger partial charge in [0.1, 0.15) is 34.4 Å². The Morgan fingerprint density at radius 2 is 1.34 bits per heavy atom. The molecule has 314 valence electrons. The fraction of sp³-hybridized carbons (Fsp3) is 0.188. The second kappa shape index (κ2) is 19.0. The molecular formula is C48H42IN5O6S2. The number of rotatable bonds is 15. The quantitative estimate of drug-likeness (QED) is 0.0200. The van der Waals surface area contributed by atoms with Gasteiger partial charge in [-0.15, -0.1) is 11.3 Å². The molecule has 2 N–H and O–H groups in total. The van der Waals surface area contributed by atoms with Crippen molar-refractivity contribution in [2.24, 2.45) is 5.16 Å². The number of β-lactam (4-membered cyclic amide) rings is 1. The number of esters is 1. The van der Waals surface area contributed by atoms with Crippen molar-refractivity contribution in [3.63, 3.8) is 0 Å². The molecule has 14 heteroatoms. The number of amides is 2. The van der Waals surface area contributed by atoms with Crippen molar-refractivity contribution in [1.29, 1.82) is 0 Å². The van der Waals surface area contributed by atoms with E-state index in [-0.39, 0.29) is 29.0 Å². The summed E-state index contributed by atoms with van der Waals surface area (Å²) in [5.74, 6) is -2.04. The number of thiazole rings is 1. The highest BCUT2D eigenvalue weighted by Crippen LogP contribution is 2.41. The molecule has 2 amide bonds. The summed E-state index contributed by atoms with van der Waals surface area (Å²) in [5, 5.41) is 11.9. The number of carbonyl (C=O) groups excluding carboxylic acids is 3. The first-order chi connectivity index (χ1) is 30.2. The van der Waals surface area contributed by atoms with Crippen LogP contribution in [0.5, 0.6) is 0 Å². The molecule has 0 bridgehead atoms. The number of hydrogen-bond donors (Lipinski definition) is 2. The molecule has 6 aromatic rings. The first-order valence-corrected chi connectivity index (χ1v) is 23.7. The minimum Gasteiger partial charge on any atom is -0.448 e.